The van der Waals surface area contributed by atoms with Gasteiger partial charge in [-0.05, 0) is 5.56 Å². The lowest BCUT2D eigenvalue weighted by Gasteiger charge is -2.04. The molecular weight excluding hydrogens is 236 g/mol. The Morgan fingerprint density at radius 1 is 1.39 bits per heavy atom. The van der Waals surface area contributed by atoms with Crippen LogP contribution in [0.5, 0.6) is 0 Å². The van der Waals surface area contributed by atoms with E-state index in [1.54, 1.807) is 12.1 Å². The van der Waals surface area contributed by atoms with E-state index in [1.807, 2.05) is 0 Å². The normalized spacial score (nSPS) is 10.0. The van der Waals surface area contributed by atoms with Gasteiger partial charge < -0.3 is 10.3 Å². The van der Waals surface area contributed by atoms with E-state index < -0.39 is 4.92 Å². The molecule has 0 saturated carbocycles. The first-order chi connectivity index (χ1) is 8.65. The molecule has 7 heteroatoms. The molecule has 1 aromatic heterocycles. The van der Waals surface area contributed by atoms with Crippen LogP contribution in [-0.2, 0) is 6.54 Å². The summed E-state index contributed by atoms with van der Waals surface area (Å²) in [5, 5.41) is 13.5. The Hall–Kier alpha value is -2.70. The fraction of sp³-hybridized carbons (Fsp3) is 0.0909. The predicted octanol–water partition coefficient (Wildman–Crippen LogP) is 1.29. The van der Waals surface area contributed by atoms with Gasteiger partial charge >= 0.3 is 0 Å². The largest absolute Gasteiger partial charge is 0.366 e. The number of nitrogens with zero attached hydrogens (tertiary/aromatic N) is 2. The third kappa shape index (κ3) is 2.91. The number of nitro groups is 1. The van der Waals surface area contributed by atoms with E-state index in [1.165, 1.54) is 24.5 Å². The minimum absolute atomic E-state index is 0.0353. The Morgan fingerprint density at radius 2 is 2.22 bits per heavy atom. The third-order valence-electron chi connectivity index (χ3n) is 2.27. The molecule has 18 heavy (non-hydrogen) atoms. The summed E-state index contributed by atoms with van der Waals surface area (Å²) in [5.74, 6) is 0.422. The van der Waals surface area contributed by atoms with Gasteiger partial charge in [-0.2, -0.15) is 0 Å². The van der Waals surface area contributed by atoms with Crippen molar-refractivity contribution in [3.05, 3.63) is 62.7 Å². The highest BCUT2D eigenvalue weighted by Crippen LogP contribution is 2.13. The first-order valence-corrected chi connectivity index (χ1v) is 5.17. The molecular formula is C11H10N4O3. The second kappa shape index (κ2) is 5.09. The van der Waals surface area contributed by atoms with Gasteiger partial charge in [0.25, 0.3) is 11.2 Å². The molecule has 1 aromatic carbocycles. The Morgan fingerprint density at radius 3 is 2.94 bits per heavy atom. The van der Waals surface area contributed by atoms with Crippen molar-refractivity contribution in [2.45, 2.75) is 6.54 Å². The first-order valence-electron chi connectivity index (χ1n) is 5.17. The molecule has 0 aliphatic heterocycles. The maximum atomic E-state index is 11.0. The van der Waals surface area contributed by atoms with E-state index in [2.05, 4.69) is 15.3 Å². The SMILES string of the molecule is O=c1cc(NCc2cccc([N+](=O)[O-])c2)nc[nH]1. The molecule has 0 atom stereocenters. The van der Waals surface area contributed by atoms with Crippen LogP contribution in [0.2, 0.25) is 0 Å². The van der Waals surface area contributed by atoms with Crippen LogP contribution in [0.4, 0.5) is 11.5 Å². The van der Waals surface area contributed by atoms with Crippen molar-refractivity contribution in [1.82, 2.24) is 9.97 Å². The molecule has 0 radical (unpaired) electrons. The fourth-order valence-electron chi connectivity index (χ4n) is 1.44. The molecule has 0 fully saturated rings. The van der Waals surface area contributed by atoms with Crippen LogP contribution in [0.3, 0.4) is 0 Å². The van der Waals surface area contributed by atoms with Crippen molar-refractivity contribution in [3.63, 3.8) is 0 Å². The number of anilines is 1. The number of hydrogen-bond donors (Lipinski definition) is 2. The van der Waals surface area contributed by atoms with E-state index in [-0.39, 0.29) is 11.2 Å². The lowest BCUT2D eigenvalue weighted by atomic mass is 10.2. The van der Waals surface area contributed by atoms with Crippen molar-refractivity contribution in [2.75, 3.05) is 5.32 Å². The smallest absolute Gasteiger partial charge is 0.269 e. The Bertz CT molecular complexity index is 623. The maximum Gasteiger partial charge on any atom is 0.269 e. The van der Waals surface area contributed by atoms with Gasteiger partial charge in [-0.25, -0.2) is 4.98 Å². The van der Waals surface area contributed by atoms with E-state index in [0.717, 1.165) is 5.56 Å². The molecule has 2 rings (SSSR count). The van der Waals surface area contributed by atoms with Gasteiger partial charge in [0, 0.05) is 24.7 Å². The standard InChI is InChI=1S/C11H10N4O3/c16-11-5-10(13-7-14-11)12-6-8-2-1-3-9(4-8)15(17)18/h1-5,7H,6H2,(H2,12,13,14,16). The van der Waals surface area contributed by atoms with Crippen LogP contribution >= 0.6 is 0 Å². The van der Waals surface area contributed by atoms with Crippen molar-refractivity contribution in [1.29, 1.82) is 0 Å². The number of aromatic amines is 1. The molecule has 2 aromatic rings. The highest BCUT2D eigenvalue weighted by molar-refractivity contribution is 5.38. The summed E-state index contributed by atoms with van der Waals surface area (Å²) >= 11 is 0. The second-order valence-electron chi connectivity index (χ2n) is 3.58. The summed E-state index contributed by atoms with van der Waals surface area (Å²) in [6.07, 6.45) is 1.29. The van der Waals surface area contributed by atoms with Gasteiger partial charge in [-0.3, -0.25) is 14.9 Å². The van der Waals surface area contributed by atoms with Crippen LogP contribution in [0.25, 0.3) is 0 Å². The number of rotatable bonds is 4. The molecule has 0 bridgehead atoms. The summed E-state index contributed by atoms with van der Waals surface area (Å²) in [5.41, 5.74) is 0.519. The topological polar surface area (TPSA) is 101 Å². The Balaban J connectivity index is 2.08. The van der Waals surface area contributed by atoms with Crippen LogP contribution in [-0.4, -0.2) is 14.9 Å². The summed E-state index contributed by atoms with van der Waals surface area (Å²) < 4.78 is 0. The summed E-state index contributed by atoms with van der Waals surface area (Å²) in [4.78, 5) is 27.5. The molecule has 0 saturated heterocycles. The van der Waals surface area contributed by atoms with Gasteiger partial charge in [0.2, 0.25) is 0 Å². The Kier molecular flexibility index (Phi) is 3.33. The minimum Gasteiger partial charge on any atom is -0.366 e. The van der Waals surface area contributed by atoms with Crippen molar-refractivity contribution in [2.24, 2.45) is 0 Å². The molecule has 0 aliphatic carbocycles. The molecule has 0 unspecified atom stereocenters. The van der Waals surface area contributed by atoms with E-state index in [4.69, 9.17) is 0 Å². The molecule has 92 valence electrons. The number of aromatic nitrogens is 2. The van der Waals surface area contributed by atoms with Crippen molar-refractivity contribution < 1.29 is 4.92 Å². The van der Waals surface area contributed by atoms with E-state index in [9.17, 15) is 14.9 Å². The average molecular weight is 246 g/mol. The van der Waals surface area contributed by atoms with Crippen molar-refractivity contribution >= 4 is 11.5 Å². The van der Waals surface area contributed by atoms with Gasteiger partial charge in [0.15, 0.2) is 0 Å². The maximum absolute atomic E-state index is 11.0. The van der Waals surface area contributed by atoms with Gasteiger partial charge in [-0.15, -0.1) is 0 Å². The van der Waals surface area contributed by atoms with E-state index in [0.29, 0.717) is 12.4 Å². The molecule has 0 amide bonds. The zero-order valence-electron chi connectivity index (χ0n) is 9.29. The third-order valence-corrected chi connectivity index (χ3v) is 2.27. The molecule has 7 nitrogen and oxygen atoms in total. The predicted molar refractivity (Wildman–Crippen MR) is 65.3 cm³/mol. The summed E-state index contributed by atoms with van der Waals surface area (Å²) in [7, 11) is 0. The lowest BCUT2D eigenvalue weighted by Crippen LogP contribution is -2.09. The highest BCUT2D eigenvalue weighted by atomic mass is 16.6. The number of H-pyrrole nitrogens is 1. The van der Waals surface area contributed by atoms with Crippen LogP contribution in [0, 0.1) is 10.1 Å². The van der Waals surface area contributed by atoms with E-state index >= 15 is 0 Å². The zero-order valence-corrected chi connectivity index (χ0v) is 9.29. The highest BCUT2D eigenvalue weighted by Gasteiger charge is 2.05. The van der Waals surface area contributed by atoms with Crippen LogP contribution in [0.15, 0.2) is 41.5 Å². The molecule has 2 N–H and O–H groups in total. The van der Waals surface area contributed by atoms with Crippen LogP contribution in [0.1, 0.15) is 5.56 Å². The zero-order chi connectivity index (χ0) is 13.0. The van der Waals surface area contributed by atoms with Gasteiger partial charge in [0.05, 0.1) is 11.3 Å². The first kappa shape index (κ1) is 11.8. The van der Waals surface area contributed by atoms with Crippen LogP contribution < -0.4 is 10.9 Å². The Labute approximate surface area is 102 Å². The van der Waals surface area contributed by atoms with Gasteiger partial charge in [0.1, 0.15) is 5.82 Å². The lowest BCUT2D eigenvalue weighted by molar-refractivity contribution is -0.384. The number of hydrogen-bond acceptors (Lipinski definition) is 5. The number of nitrogens with one attached hydrogen (secondary N) is 2. The quantitative estimate of drug-likeness (QED) is 0.625. The molecule has 0 spiro atoms. The monoisotopic (exact) mass is 246 g/mol. The molecule has 0 aliphatic rings. The van der Waals surface area contributed by atoms with Gasteiger partial charge in [-0.1, -0.05) is 12.1 Å². The number of nitro benzene ring substituents is 1. The average Bonchev–Trinajstić information content (AvgIpc) is 2.37. The van der Waals surface area contributed by atoms with Crippen molar-refractivity contribution in [3.8, 4) is 0 Å². The summed E-state index contributed by atoms with van der Waals surface area (Å²) in [6.45, 7) is 0.359. The minimum atomic E-state index is -0.449. The number of benzene rings is 1. The second-order valence-corrected chi connectivity index (χ2v) is 3.58. The number of non-ortho nitro benzene ring substituents is 1. The molecule has 1 heterocycles. The summed E-state index contributed by atoms with van der Waals surface area (Å²) in [6, 6.07) is 7.58. The fourth-order valence-corrected chi connectivity index (χ4v) is 1.44.